The second kappa shape index (κ2) is 6.74. The van der Waals surface area contributed by atoms with E-state index >= 15 is 0 Å². The number of anilines is 1. The topological polar surface area (TPSA) is 57.7 Å². The lowest BCUT2D eigenvalue weighted by Crippen LogP contribution is -2.49. The van der Waals surface area contributed by atoms with E-state index in [0.29, 0.717) is 18.8 Å². The maximum absolute atomic E-state index is 12.4. The second-order valence-corrected chi connectivity index (χ2v) is 6.44. The third-order valence-electron chi connectivity index (χ3n) is 3.15. The molecule has 5 nitrogen and oxygen atoms in total. The Morgan fingerprint density at radius 3 is 2.05 bits per heavy atom. The van der Waals surface area contributed by atoms with Crippen LogP contribution in [0.2, 0.25) is 0 Å². The van der Waals surface area contributed by atoms with Crippen LogP contribution in [0.3, 0.4) is 0 Å². The predicted octanol–water partition coefficient (Wildman–Crippen LogP) is 1.71. The third kappa shape index (κ3) is 3.72. The molecule has 20 heavy (non-hydrogen) atoms. The lowest BCUT2D eigenvalue weighted by Gasteiger charge is -2.31. The van der Waals surface area contributed by atoms with Crippen LogP contribution >= 0.6 is 0 Å². The van der Waals surface area contributed by atoms with Gasteiger partial charge in [-0.1, -0.05) is 18.2 Å². The highest BCUT2D eigenvalue weighted by atomic mass is 32.2. The van der Waals surface area contributed by atoms with Crippen molar-refractivity contribution in [1.29, 1.82) is 0 Å². The summed E-state index contributed by atoms with van der Waals surface area (Å²) in [4.78, 5) is 14.0. The molecular formula is C14H22N2O3S. The molecule has 0 aromatic heterocycles. The van der Waals surface area contributed by atoms with E-state index < -0.39 is 16.1 Å². The van der Waals surface area contributed by atoms with Crippen LogP contribution in [-0.4, -0.2) is 44.6 Å². The molecule has 0 radical (unpaired) electrons. The van der Waals surface area contributed by atoms with Crippen molar-refractivity contribution in [2.45, 2.75) is 26.8 Å². The molecule has 0 N–H and O–H groups in total. The van der Waals surface area contributed by atoms with Crippen molar-refractivity contribution in [3.63, 3.8) is 0 Å². The Hall–Kier alpha value is -1.56. The number of carbonyl (C=O) groups excluding carboxylic acids is 1. The molecule has 0 aliphatic carbocycles. The maximum Gasteiger partial charge on any atom is 0.246 e. The molecule has 0 unspecified atom stereocenters. The Morgan fingerprint density at radius 1 is 1.15 bits per heavy atom. The van der Waals surface area contributed by atoms with Crippen molar-refractivity contribution in [2.75, 3.05) is 23.7 Å². The van der Waals surface area contributed by atoms with Gasteiger partial charge in [-0.2, -0.15) is 0 Å². The molecular weight excluding hydrogens is 276 g/mol. The minimum absolute atomic E-state index is 0.190. The van der Waals surface area contributed by atoms with Gasteiger partial charge in [-0.25, -0.2) is 8.42 Å². The lowest BCUT2D eigenvalue weighted by molar-refractivity contribution is -0.131. The molecule has 1 aromatic rings. The number of hydrogen-bond donors (Lipinski definition) is 0. The molecule has 6 heteroatoms. The molecule has 0 saturated heterocycles. The van der Waals surface area contributed by atoms with E-state index in [0.717, 1.165) is 6.26 Å². The van der Waals surface area contributed by atoms with Crippen LogP contribution in [0.5, 0.6) is 0 Å². The van der Waals surface area contributed by atoms with Gasteiger partial charge >= 0.3 is 0 Å². The molecule has 112 valence electrons. The predicted molar refractivity (Wildman–Crippen MR) is 81.2 cm³/mol. The summed E-state index contributed by atoms with van der Waals surface area (Å²) in [5, 5.41) is 0. The number of nitrogens with zero attached hydrogens (tertiary/aromatic N) is 2. The van der Waals surface area contributed by atoms with Crippen LogP contribution in [0.15, 0.2) is 30.3 Å². The number of amides is 1. The summed E-state index contributed by atoms with van der Waals surface area (Å²) in [6, 6.07) is 7.93. The van der Waals surface area contributed by atoms with Crippen molar-refractivity contribution in [3.05, 3.63) is 30.3 Å². The molecule has 0 bridgehead atoms. The number of benzene rings is 1. The largest absolute Gasteiger partial charge is 0.341 e. The van der Waals surface area contributed by atoms with Crippen LogP contribution in [-0.2, 0) is 14.8 Å². The molecule has 0 fully saturated rings. The maximum atomic E-state index is 12.4. The molecule has 0 saturated carbocycles. The summed E-state index contributed by atoms with van der Waals surface area (Å²) in [5.41, 5.74) is 0.503. The highest BCUT2D eigenvalue weighted by molar-refractivity contribution is 7.92. The van der Waals surface area contributed by atoms with E-state index in [1.165, 1.54) is 4.31 Å². The number of hydrogen-bond acceptors (Lipinski definition) is 3. The van der Waals surface area contributed by atoms with Gasteiger partial charge < -0.3 is 4.90 Å². The van der Waals surface area contributed by atoms with Gasteiger partial charge in [0.25, 0.3) is 0 Å². The van der Waals surface area contributed by atoms with Gasteiger partial charge in [0, 0.05) is 13.1 Å². The van der Waals surface area contributed by atoms with Crippen LogP contribution in [0.1, 0.15) is 20.8 Å². The van der Waals surface area contributed by atoms with E-state index in [9.17, 15) is 13.2 Å². The van der Waals surface area contributed by atoms with E-state index in [2.05, 4.69) is 0 Å². The summed E-state index contributed by atoms with van der Waals surface area (Å²) in [7, 11) is -3.53. The van der Waals surface area contributed by atoms with Crippen LogP contribution in [0.25, 0.3) is 0 Å². The first kappa shape index (κ1) is 16.5. The molecule has 0 heterocycles. The van der Waals surface area contributed by atoms with E-state index in [-0.39, 0.29) is 5.91 Å². The van der Waals surface area contributed by atoms with E-state index in [1.807, 2.05) is 13.8 Å². The number of para-hydroxylation sites is 1. The highest BCUT2D eigenvalue weighted by Gasteiger charge is 2.30. The zero-order valence-corrected chi connectivity index (χ0v) is 13.2. The van der Waals surface area contributed by atoms with Gasteiger partial charge in [-0.3, -0.25) is 9.10 Å². The molecule has 0 aliphatic heterocycles. The third-order valence-corrected chi connectivity index (χ3v) is 4.39. The summed E-state index contributed by atoms with van der Waals surface area (Å²) in [5.74, 6) is -0.190. The molecule has 1 rings (SSSR count). The molecule has 1 aromatic carbocycles. The van der Waals surface area contributed by atoms with E-state index in [1.54, 1.807) is 42.2 Å². The summed E-state index contributed by atoms with van der Waals surface area (Å²) in [6.07, 6.45) is 1.12. The fourth-order valence-corrected chi connectivity index (χ4v) is 3.35. The van der Waals surface area contributed by atoms with E-state index in [4.69, 9.17) is 0 Å². The molecule has 0 aliphatic rings. The molecule has 0 spiro atoms. The Morgan fingerprint density at radius 2 is 1.65 bits per heavy atom. The zero-order valence-electron chi connectivity index (χ0n) is 12.4. The Labute approximate surface area is 121 Å². The van der Waals surface area contributed by atoms with Gasteiger partial charge in [0.2, 0.25) is 15.9 Å². The van der Waals surface area contributed by atoms with Crippen molar-refractivity contribution in [3.8, 4) is 0 Å². The smallest absolute Gasteiger partial charge is 0.246 e. The normalized spacial score (nSPS) is 12.8. The number of likely N-dealkylation sites (N-methyl/N-ethyl adjacent to an activating group) is 1. The fraction of sp³-hybridized carbons (Fsp3) is 0.500. The molecule has 1 amide bonds. The Bertz CT molecular complexity index is 539. The minimum atomic E-state index is -3.53. The average Bonchev–Trinajstić information content (AvgIpc) is 2.39. The van der Waals surface area contributed by atoms with Crippen molar-refractivity contribution >= 4 is 21.6 Å². The van der Waals surface area contributed by atoms with Gasteiger partial charge in [0.15, 0.2) is 0 Å². The van der Waals surface area contributed by atoms with Crippen LogP contribution in [0.4, 0.5) is 5.69 Å². The summed E-state index contributed by atoms with van der Waals surface area (Å²) >= 11 is 0. The van der Waals surface area contributed by atoms with Crippen LogP contribution < -0.4 is 4.31 Å². The SMILES string of the molecule is CCN(CC)C(=O)[C@@H](C)N(c1ccccc1)S(C)(=O)=O. The molecule has 1 atom stereocenters. The van der Waals surface area contributed by atoms with Crippen LogP contribution in [0, 0.1) is 0 Å². The number of rotatable bonds is 6. The van der Waals surface area contributed by atoms with Gasteiger partial charge in [-0.05, 0) is 32.9 Å². The first-order chi connectivity index (χ1) is 9.32. The van der Waals surface area contributed by atoms with Crippen molar-refractivity contribution in [1.82, 2.24) is 4.90 Å². The summed E-state index contributed by atoms with van der Waals surface area (Å²) in [6.45, 7) is 6.50. The first-order valence-electron chi connectivity index (χ1n) is 6.66. The number of sulfonamides is 1. The zero-order chi connectivity index (χ0) is 15.3. The average molecular weight is 298 g/mol. The first-order valence-corrected chi connectivity index (χ1v) is 8.51. The monoisotopic (exact) mass is 298 g/mol. The minimum Gasteiger partial charge on any atom is -0.341 e. The Kier molecular flexibility index (Phi) is 5.56. The quantitative estimate of drug-likeness (QED) is 0.803. The van der Waals surface area contributed by atoms with Gasteiger partial charge in [-0.15, -0.1) is 0 Å². The highest BCUT2D eigenvalue weighted by Crippen LogP contribution is 2.21. The van der Waals surface area contributed by atoms with Gasteiger partial charge in [0.05, 0.1) is 11.9 Å². The number of carbonyl (C=O) groups is 1. The fourth-order valence-electron chi connectivity index (χ4n) is 2.18. The standard InChI is InChI=1S/C14H22N2O3S/c1-5-15(6-2)14(17)12(3)16(20(4,18)19)13-10-8-7-9-11-13/h7-12H,5-6H2,1-4H3/t12-/m1/s1. The second-order valence-electron chi connectivity index (χ2n) is 4.58. The van der Waals surface area contributed by atoms with Gasteiger partial charge in [0.1, 0.15) is 6.04 Å². The lowest BCUT2D eigenvalue weighted by atomic mass is 10.2. The van der Waals surface area contributed by atoms with Crippen molar-refractivity contribution < 1.29 is 13.2 Å². The van der Waals surface area contributed by atoms with Crippen molar-refractivity contribution in [2.24, 2.45) is 0 Å². The Balaban J connectivity index is 3.17. The summed E-state index contributed by atoms with van der Waals surface area (Å²) < 4.78 is 25.2.